The zero-order valence-corrected chi connectivity index (χ0v) is 19.6. The van der Waals surface area contributed by atoms with E-state index in [4.69, 9.17) is 16.3 Å². The van der Waals surface area contributed by atoms with Crippen LogP contribution in [0.25, 0.3) is 0 Å². The van der Waals surface area contributed by atoms with Gasteiger partial charge < -0.3 is 15.0 Å². The van der Waals surface area contributed by atoms with Crippen LogP contribution >= 0.6 is 11.6 Å². The fourth-order valence-electron chi connectivity index (χ4n) is 4.16. The van der Waals surface area contributed by atoms with Gasteiger partial charge in [-0.25, -0.2) is 0 Å². The van der Waals surface area contributed by atoms with Crippen LogP contribution in [0.5, 0.6) is 0 Å². The summed E-state index contributed by atoms with van der Waals surface area (Å²) in [6, 6.07) is 13.2. The number of sulfonamides is 1. The Morgan fingerprint density at radius 1 is 1.15 bits per heavy atom. The number of esters is 1. The molecule has 1 amide bonds. The van der Waals surface area contributed by atoms with Crippen LogP contribution in [0.2, 0.25) is 5.02 Å². The van der Waals surface area contributed by atoms with E-state index in [2.05, 4.69) is 9.71 Å². The summed E-state index contributed by atoms with van der Waals surface area (Å²) in [6.07, 6.45) is 1.09. The summed E-state index contributed by atoms with van der Waals surface area (Å²) < 4.78 is 33.4. The summed E-state index contributed by atoms with van der Waals surface area (Å²) in [4.78, 5) is 27.0. The molecule has 2 aliphatic rings. The highest BCUT2D eigenvalue weighted by Gasteiger charge is 2.35. The molecular formula is C23H24ClN3O5S. The maximum atomic E-state index is 13.0. The molecule has 0 spiro atoms. The summed E-state index contributed by atoms with van der Waals surface area (Å²) in [5, 5.41) is 3.54. The van der Waals surface area contributed by atoms with Gasteiger partial charge in [0.2, 0.25) is 5.91 Å². The van der Waals surface area contributed by atoms with Crippen LogP contribution in [0.3, 0.4) is 0 Å². The number of halogens is 1. The number of nitrogens with zero attached hydrogens (tertiary/aromatic N) is 2. The number of hydrogen-bond donors (Lipinski definition) is 1. The van der Waals surface area contributed by atoms with Gasteiger partial charge >= 0.3 is 5.97 Å². The number of rotatable bonds is 5. The van der Waals surface area contributed by atoms with E-state index in [1.54, 1.807) is 48.5 Å². The van der Waals surface area contributed by atoms with Gasteiger partial charge in [0.15, 0.2) is 5.84 Å². The van der Waals surface area contributed by atoms with Crippen molar-refractivity contribution in [2.24, 2.45) is 10.3 Å². The quantitative estimate of drug-likeness (QED) is 0.647. The molecule has 1 saturated heterocycles. The number of benzene rings is 2. The first kappa shape index (κ1) is 23.3. The Morgan fingerprint density at radius 2 is 1.82 bits per heavy atom. The fourth-order valence-corrected chi connectivity index (χ4v) is 5.51. The Kier molecular flexibility index (Phi) is 6.71. The average molecular weight is 490 g/mol. The van der Waals surface area contributed by atoms with E-state index in [9.17, 15) is 18.0 Å². The molecule has 1 unspecified atom stereocenters. The number of amidine groups is 1. The molecule has 0 bridgehead atoms. The average Bonchev–Trinajstić information content (AvgIpc) is 3.10. The van der Waals surface area contributed by atoms with Gasteiger partial charge in [0, 0.05) is 29.6 Å². The Hall–Kier alpha value is -2.91. The number of piperidine rings is 1. The number of hydrogen-bond acceptors (Lipinski definition) is 6. The Labute approximate surface area is 197 Å². The van der Waals surface area contributed by atoms with E-state index in [-0.39, 0.29) is 23.1 Å². The normalized spacial score (nSPS) is 18.2. The van der Waals surface area contributed by atoms with Crippen molar-refractivity contribution in [1.29, 1.82) is 0 Å². The zero-order valence-electron chi connectivity index (χ0n) is 18.0. The molecule has 2 aliphatic heterocycles. The molecule has 0 radical (unpaired) electrons. The van der Waals surface area contributed by atoms with Crippen molar-refractivity contribution in [1.82, 2.24) is 10.2 Å². The molecule has 174 valence electrons. The predicted molar refractivity (Wildman–Crippen MR) is 123 cm³/mol. The minimum Gasteiger partial charge on any atom is -0.469 e. The number of carbonyl (C=O) groups is 2. The van der Waals surface area contributed by atoms with Gasteiger partial charge in [0.25, 0.3) is 10.0 Å². The van der Waals surface area contributed by atoms with Crippen LogP contribution in [0.1, 0.15) is 36.4 Å². The van der Waals surface area contributed by atoms with Crippen LogP contribution in [-0.2, 0) is 24.3 Å². The van der Waals surface area contributed by atoms with Crippen molar-refractivity contribution in [3.05, 3.63) is 64.7 Å². The minimum absolute atomic E-state index is 0.00810. The van der Waals surface area contributed by atoms with Gasteiger partial charge in [-0.05, 0) is 42.7 Å². The first-order valence-electron chi connectivity index (χ1n) is 10.6. The lowest BCUT2D eigenvalue weighted by molar-refractivity contribution is -0.141. The van der Waals surface area contributed by atoms with E-state index in [0.717, 1.165) is 5.56 Å². The van der Waals surface area contributed by atoms with Gasteiger partial charge in [0.1, 0.15) is 4.90 Å². The van der Waals surface area contributed by atoms with Gasteiger partial charge in [-0.15, -0.1) is 4.40 Å². The molecular weight excluding hydrogens is 466 g/mol. The number of methoxy groups -OCH3 is 1. The lowest BCUT2D eigenvalue weighted by Gasteiger charge is -2.33. The van der Waals surface area contributed by atoms with Gasteiger partial charge in [-0.3, -0.25) is 9.59 Å². The molecule has 2 aromatic carbocycles. The predicted octanol–water partition coefficient (Wildman–Crippen LogP) is 2.92. The number of nitrogens with one attached hydrogen (secondary N) is 1. The summed E-state index contributed by atoms with van der Waals surface area (Å²) >= 11 is 5.96. The maximum Gasteiger partial charge on any atom is 0.307 e. The lowest BCUT2D eigenvalue weighted by Crippen LogP contribution is -2.44. The third kappa shape index (κ3) is 5.04. The van der Waals surface area contributed by atoms with Gasteiger partial charge in [-0.2, -0.15) is 8.42 Å². The number of likely N-dealkylation sites (tertiary alicyclic amines) is 1. The second-order valence-electron chi connectivity index (χ2n) is 8.04. The van der Waals surface area contributed by atoms with Crippen molar-refractivity contribution < 1.29 is 22.7 Å². The van der Waals surface area contributed by atoms with Crippen LogP contribution < -0.4 is 5.32 Å². The fraction of sp³-hybridized carbons (Fsp3) is 0.348. The van der Waals surface area contributed by atoms with E-state index in [1.807, 2.05) is 4.90 Å². The molecule has 0 aromatic heterocycles. The molecule has 8 nitrogen and oxygen atoms in total. The highest BCUT2D eigenvalue weighted by atomic mass is 35.5. The number of fused-ring (bicyclic) bond motifs is 1. The molecule has 4 rings (SSSR count). The van der Waals surface area contributed by atoms with E-state index < -0.39 is 22.0 Å². The van der Waals surface area contributed by atoms with Crippen LogP contribution in [-0.4, -0.2) is 51.2 Å². The lowest BCUT2D eigenvalue weighted by atomic mass is 9.94. The zero-order chi connectivity index (χ0) is 23.6. The molecule has 1 fully saturated rings. The summed E-state index contributed by atoms with van der Waals surface area (Å²) in [5.74, 6) is -0.402. The van der Waals surface area contributed by atoms with E-state index in [1.165, 1.54) is 7.11 Å². The monoisotopic (exact) mass is 489 g/mol. The highest BCUT2D eigenvalue weighted by Crippen LogP contribution is 2.30. The minimum atomic E-state index is -3.68. The second kappa shape index (κ2) is 9.52. The van der Waals surface area contributed by atoms with Crippen molar-refractivity contribution in [3.63, 3.8) is 0 Å². The van der Waals surface area contributed by atoms with E-state index in [0.29, 0.717) is 42.4 Å². The molecule has 1 N–H and O–H groups in total. The first-order chi connectivity index (χ1) is 15.8. The van der Waals surface area contributed by atoms with Crippen LogP contribution in [0.15, 0.2) is 57.8 Å². The molecule has 2 heterocycles. The maximum absolute atomic E-state index is 13.0. The molecule has 0 aliphatic carbocycles. The molecule has 1 atom stereocenters. The molecule has 33 heavy (non-hydrogen) atoms. The summed E-state index contributed by atoms with van der Waals surface area (Å²) in [5.41, 5.74) is 1.36. The smallest absolute Gasteiger partial charge is 0.307 e. The van der Waals surface area contributed by atoms with Crippen molar-refractivity contribution >= 4 is 39.3 Å². The second-order valence-corrected chi connectivity index (χ2v) is 10.0. The van der Waals surface area contributed by atoms with Crippen molar-refractivity contribution in [2.45, 2.75) is 30.2 Å². The molecule has 10 heteroatoms. The van der Waals surface area contributed by atoms with Gasteiger partial charge in [0.05, 0.1) is 19.6 Å². The third-order valence-corrected chi connectivity index (χ3v) is 7.54. The third-order valence-electron chi connectivity index (χ3n) is 5.97. The number of carbonyl (C=O) groups excluding carboxylic acids is 2. The van der Waals surface area contributed by atoms with Crippen molar-refractivity contribution in [2.75, 3.05) is 20.2 Å². The van der Waals surface area contributed by atoms with Gasteiger partial charge in [-0.1, -0.05) is 35.9 Å². The standard InChI is InChI=1S/C23H24ClN3O5S/c1-32-21(28)14-19(15-6-8-17(24)9-7-15)25-23(29)16-10-12-27(13-11-16)22-18-4-2-3-5-20(18)33(30,31)26-22/h2-9,16,19H,10-14H2,1H3,(H,25,29). The summed E-state index contributed by atoms with van der Waals surface area (Å²) in [6.45, 7) is 1.01. The van der Waals surface area contributed by atoms with Crippen LogP contribution in [0, 0.1) is 5.92 Å². The topological polar surface area (TPSA) is 105 Å². The highest BCUT2D eigenvalue weighted by molar-refractivity contribution is 7.90. The van der Waals surface area contributed by atoms with Crippen molar-refractivity contribution in [3.8, 4) is 0 Å². The summed E-state index contributed by atoms with van der Waals surface area (Å²) in [7, 11) is -2.38. The number of amides is 1. The molecule has 2 aromatic rings. The Bertz CT molecular complexity index is 1190. The Morgan fingerprint density at radius 3 is 2.48 bits per heavy atom. The largest absolute Gasteiger partial charge is 0.469 e. The van der Waals surface area contributed by atoms with E-state index >= 15 is 0 Å². The number of ether oxygens (including phenoxy) is 1. The SMILES string of the molecule is COC(=O)CC(NC(=O)C1CCN(C2=NS(=O)(=O)c3ccccc32)CC1)c1ccc(Cl)cc1. The van der Waals surface area contributed by atoms with Crippen LogP contribution in [0.4, 0.5) is 0 Å². The molecule has 0 saturated carbocycles. The Balaban J connectivity index is 1.42. The first-order valence-corrected chi connectivity index (χ1v) is 12.4.